The lowest BCUT2D eigenvalue weighted by atomic mass is 10.2. The van der Waals surface area contributed by atoms with Gasteiger partial charge in [-0.2, -0.15) is 14.9 Å². The maximum atomic E-state index is 6.05. The molecule has 1 aliphatic heterocycles. The summed E-state index contributed by atoms with van der Waals surface area (Å²) in [5.41, 5.74) is 1.83. The highest BCUT2D eigenvalue weighted by Gasteiger charge is 2.23. The van der Waals surface area contributed by atoms with Crippen molar-refractivity contribution in [2.45, 2.75) is 32.5 Å². The first-order valence-corrected chi connectivity index (χ1v) is 10.9. The quantitative estimate of drug-likeness (QED) is 0.366. The van der Waals surface area contributed by atoms with E-state index >= 15 is 0 Å². The molecule has 3 aromatic rings. The summed E-state index contributed by atoms with van der Waals surface area (Å²) in [6.45, 7) is 3.57. The molecule has 0 radical (unpaired) electrons. The Morgan fingerprint density at radius 2 is 2.19 bits per heavy atom. The summed E-state index contributed by atoms with van der Waals surface area (Å²) in [6, 6.07) is 13.2. The fourth-order valence-electron chi connectivity index (χ4n) is 3.31. The van der Waals surface area contributed by atoms with Crippen LogP contribution in [0.3, 0.4) is 0 Å². The topological polar surface area (TPSA) is 73.7 Å². The third kappa shape index (κ3) is 5.33. The molecule has 9 heteroatoms. The van der Waals surface area contributed by atoms with Crippen LogP contribution in [0.25, 0.3) is 0 Å². The van der Waals surface area contributed by atoms with E-state index in [-0.39, 0.29) is 6.10 Å². The van der Waals surface area contributed by atoms with Crippen molar-refractivity contribution in [1.82, 2.24) is 14.9 Å². The van der Waals surface area contributed by atoms with E-state index in [1.54, 1.807) is 10.9 Å². The average Bonchev–Trinajstić information content (AvgIpc) is 3.41. The Labute approximate surface area is 190 Å². The molecule has 1 atom stereocenters. The number of ether oxygens (including phenoxy) is 3. The summed E-state index contributed by atoms with van der Waals surface area (Å²) in [4.78, 5) is 0. The predicted molar refractivity (Wildman–Crippen MR) is 122 cm³/mol. The largest absolute Gasteiger partial charge is 0.490 e. The van der Waals surface area contributed by atoms with Crippen molar-refractivity contribution < 1.29 is 14.2 Å². The van der Waals surface area contributed by atoms with E-state index in [9.17, 15) is 0 Å². The molecule has 4 rings (SSSR count). The van der Waals surface area contributed by atoms with Crippen LogP contribution in [0.4, 0.5) is 0 Å². The van der Waals surface area contributed by atoms with Gasteiger partial charge in [0.15, 0.2) is 17.3 Å². The van der Waals surface area contributed by atoms with Crippen molar-refractivity contribution in [3.63, 3.8) is 0 Å². The smallest absolute Gasteiger partial charge is 0.216 e. The lowest BCUT2D eigenvalue weighted by molar-refractivity contribution is 0.102. The molecular weight excluding hydrogens is 436 g/mol. The highest BCUT2D eigenvalue weighted by atomic mass is 35.5. The Hall–Kier alpha value is -2.68. The van der Waals surface area contributed by atoms with Crippen molar-refractivity contribution >= 4 is 30.0 Å². The van der Waals surface area contributed by atoms with Crippen LogP contribution in [0.15, 0.2) is 47.6 Å². The Bertz CT molecular complexity index is 1120. The van der Waals surface area contributed by atoms with E-state index in [0.29, 0.717) is 40.3 Å². The number of hydrogen-bond acceptors (Lipinski definition) is 6. The van der Waals surface area contributed by atoms with Gasteiger partial charge < -0.3 is 14.2 Å². The van der Waals surface area contributed by atoms with Gasteiger partial charge in [-0.3, -0.25) is 5.10 Å². The molecule has 31 heavy (non-hydrogen) atoms. The Morgan fingerprint density at radius 1 is 1.29 bits per heavy atom. The second-order valence-electron chi connectivity index (χ2n) is 7.00. The second kappa shape index (κ2) is 10.1. The van der Waals surface area contributed by atoms with Crippen LogP contribution in [0, 0.1) is 4.77 Å². The van der Waals surface area contributed by atoms with Gasteiger partial charge in [-0.15, -0.1) is 0 Å². The summed E-state index contributed by atoms with van der Waals surface area (Å²) < 4.78 is 19.5. The van der Waals surface area contributed by atoms with Crippen LogP contribution in [0.5, 0.6) is 11.5 Å². The van der Waals surface area contributed by atoms with E-state index < -0.39 is 0 Å². The molecule has 1 aliphatic rings. The van der Waals surface area contributed by atoms with Gasteiger partial charge in [-0.25, -0.2) is 0 Å². The van der Waals surface area contributed by atoms with Gasteiger partial charge in [0.2, 0.25) is 4.77 Å². The summed E-state index contributed by atoms with van der Waals surface area (Å²) in [7, 11) is 0. The number of halogens is 1. The standard InChI is InChI=1S/C22H23ClN4O3S/c1-2-28-20-12-15(8-9-18(20)30-14-16-5-3-6-17(23)11-16)13-24-27-21(25-26-22(27)31)19-7-4-10-29-19/h3,5-6,8-9,11-13,19H,2,4,7,10,14H2,1H3,(H,26,31)/b24-13-. The lowest BCUT2D eigenvalue weighted by Gasteiger charge is -2.13. The van der Waals surface area contributed by atoms with Gasteiger partial charge in [-0.1, -0.05) is 23.7 Å². The molecule has 0 spiro atoms. The SMILES string of the molecule is CCOc1cc(/C=N\n2c(C3CCCO3)n[nH]c2=S)ccc1OCc1cccc(Cl)c1. The number of nitrogens with one attached hydrogen (secondary N) is 1. The lowest BCUT2D eigenvalue weighted by Crippen LogP contribution is -2.05. The third-order valence-electron chi connectivity index (χ3n) is 4.77. The number of benzene rings is 2. The number of hydrogen-bond donors (Lipinski definition) is 1. The molecule has 1 N–H and O–H groups in total. The van der Waals surface area contributed by atoms with Gasteiger partial charge in [-0.05, 0) is 73.4 Å². The van der Waals surface area contributed by atoms with Crippen LogP contribution >= 0.6 is 23.8 Å². The number of nitrogens with zero attached hydrogens (tertiary/aromatic N) is 3. The minimum absolute atomic E-state index is 0.0913. The molecular formula is C22H23ClN4O3S. The Kier molecular flexibility index (Phi) is 7.01. The first kappa shape index (κ1) is 21.5. The monoisotopic (exact) mass is 458 g/mol. The molecule has 1 aromatic heterocycles. The van der Waals surface area contributed by atoms with Gasteiger partial charge >= 0.3 is 0 Å². The molecule has 0 bridgehead atoms. The minimum atomic E-state index is -0.0913. The highest BCUT2D eigenvalue weighted by molar-refractivity contribution is 7.71. The van der Waals surface area contributed by atoms with E-state index in [2.05, 4.69) is 15.3 Å². The summed E-state index contributed by atoms with van der Waals surface area (Å²) >= 11 is 11.4. The highest BCUT2D eigenvalue weighted by Crippen LogP contribution is 2.30. The summed E-state index contributed by atoms with van der Waals surface area (Å²) in [5.74, 6) is 1.98. The van der Waals surface area contributed by atoms with Crippen LogP contribution in [-0.4, -0.2) is 34.3 Å². The van der Waals surface area contributed by atoms with Crippen molar-refractivity contribution in [2.75, 3.05) is 13.2 Å². The molecule has 1 unspecified atom stereocenters. The Balaban J connectivity index is 1.52. The van der Waals surface area contributed by atoms with Gasteiger partial charge in [0, 0.05) is 11.6 Å². The molecule has 1 saturated heterocycles. The number of aromatic amines is 1. The molecule has 0 amide bonds. The zero-order valence-electron chi connectivity index (χ0n) is 17.1. The van der Waals surface area contributed by atoms with Crippen molar-refractivity contribution in [3.8, 4) is 11.5 Å². The first-order valence-electron chi connectivity index (χ1n) is 10.1. The van der Waals surface area contributed by atoms with Crippen LogP contribution in [-0.2, 0) is 11.3 Å². The number of H-pyrrole nitrogens is 1. The zero-order valence-corrected chi connectivity index (χ0v) is 18.7. The summed E-state index contributed by atoms with van der Waals surface area (Å²) in [5, 5.41) is 12.3. The molecule has 0 aliphatic carbocycles. The second-order valence-corrected chi connectivity index (χ2v) is 7.83. The molecule has 2 heterocycles. The molecule has 0 saturated carbocycles. The zero-order chi connectivity index (χ0) is 21.6. The van der Waals surface area contributed by atoms with Gasteiger partial charge in [0.1, 0.15) is 12.7 Å². The van der Waals surface area contributed by atoms with E-state index in [1.165, 1.54) is 0 Å². The predicted octanol–water partition coefficient (Wildman–Crippen LogP) is 5.31. The number of rotatable bonds is 8. The van der Waals surface area contributed by atoms with E-state index in [4.69, 9.17) is 38.0 Å². The van der Waals surface area contributed by atoms with Crippen LogP contribution in [0.1, 0.15) is 42.8 Å². The first-order chi connectivity index (χ1) is 15.1. The maximum Gasteiger partial charge on any atom is 0.216 e. The van der Waals surface area contributed by atoms with E-state index in [0.717, 1.165) is 30.6 Å². The molecule has 162 valence electrons. The molecule has 1 fully saturated rings. The maximum absolute atomic E-state index is 6.05. The molecule has 2 aromatic carbocycles. The fourth-order valence-corrected chi connectivity index (χ4v) is 3.71. The van der Waals surface area contributed by atoms with Gasteiger partial charge in [0.25, 0.3) is 0 Å². The van der Waals surface area contributed by atoms with Gasteiger partial charge in [0.05, 0.1) is 12.8 Å². The van der Waals surface area contributed by atoms with Crippen LogP contribution < -0.4 is 9.47 Å². The normalized spacial score (nSPS) is 16.1. The Morgan fingerprint density at radius 3 is 2.97 bits per heavy atom. The molecule has 7 nitrogen and oxygen atoms in total. The summed E-state index contributed by atoms with van der Waals surface area (Å²) in [6.07, 6.45) is 3.53. The van der Waals surface area contributed by atoms with Crippen molar-refractivity contribution in [2.24, 2.45) is 5.10 Å². The average molecular weight is 459 g/mol. The fraction of sp³-hybridized carbons (Fsp3) is 0.318. The van der Waals surface area contributed by atoms with Crippen molar-refractivity contribution in [1.29, 1.82) is 0 Å². The minimum Gasteiger partial charge on any atom is -0.490 e. The van der Waals surface area contributed by atoms with E-state index in [1.807, 2.05) is 49.4 Å². The van der Waals surface area contributed by atoms with Crippen molar-refractivity contribution in [3.05, 3.63) is 69.2 Å². The third-order valence-corrected chi connectivity index (χ3v) is 5.27. The number of aromatic nitrogens is 3. The van der Waals surface area contributed by atoms with Crippen LogP contribution in [0.2, 0.25) is 5.02 Å².